The third-order valence-electron chi connectivity index (χ3n) is 3.05. The molecule has 0 amide bonds. The Balaban J connectivity index is 2.06. The van der Waals surface area contributed by atoms with E-state index < -0.39 is 0 Å². The molecular weight excluding hydrogens is 220 g/mol. The highest BCUT2D eigenvalue weighted by atomic mass is 16.6. The molecule has 0 aliphatic carbocycles. The number of rotatable bonds is 9. The molecule has 0 aromatic rings. The Morgan fingerprint density at radius 1 is 1.59 bits per heavy atom. The van der Waals surface area contributed by atoms with Crippen molar-refractivity contribution >= 4 is 12.0 Å². The molecule has 0 N–H and O–H groups in total. The van der Waals surface area contributed by atoms with E-state index in [1.54, 1.807) is 7.11 Å². The van der Waals surface area contributed by atoms with E-state index in [0.29, 0.717) is 5.92 Å². The van der Waals surface area contributed by atoms with Gasteiger partial charge < -0.3 is 15.0 Å². The van der Waals surface area contributed by atoms with Crippen molar-refractivity contribution in [2.45, 2.75) is 44.8 Å². The predicted molar refractivity (Wildman–Crippen MR) is 62.9 cm³/mol. The average Bonchev–Trinajstić information content (AvgIpc) is 3.06. The number of hydrogen-bond donors (Lipinski definition) is 0. The molecule has 0 aromatic heterocycles. The van der Waals surface area contributed by atoms with Crippen molar-refractivity contribution in [3.8, 4) is 0 Å². The Hall–Kier alpha value is -1.03. The Kier molecular flexibility index (Phi) is 6.05. The zero-order valence-electron chi connectivity index (χ0n) is 10.5. The molecule has 1 rings (SSSR count). The fraction of sp³-hybridized carbons (Fsp3) is 0.833. The summed E-state index contributed by atoms with van der Waals surface area (Å²) in [6.07, 6.45) is 4.70. The van der Waals surface area contributed by atoms with Crippen LogP contribution in [0.3, 0.4) is 0 Å². The number of hydrogen-bond acceptors (Lipinski definition) is 3. The van der Waals surface area contributed by atoms with Gasteiger partial charge in [0.2, 0.25) is 0 Å². The second kappa shape index (κ2) is 7.33. The van der Waals surface area contributed by atoms with Gasteiger partial charge in [0.1, 0.15) is 0 Å². The van der Waals surface area contributed by atoms with Crippen LogP contribution in [-0.2, 0) is 14.3 Å². The summed E-state index contributed by atoms with van der Waals surface area (Å²) < 4.78 is 10.2. The van der Waals surface area contributed by atoms with E-state index in [1.165, 1.54) is 0 Å². The first-order valence-electron chi connectivity index (χ1n) is 6.04. The monoisotopic (exact) mass is 240 g/mol. The molecule has 1 fully saturated rings. The highest BCUT2D eigenvalue weighted by Gasteiger charge is 2.44. The van der Waals surface area contributed by atoms with Gasteiger partial charge in [0.15, 0.2) is 6.10 Å². The Morgan fingerprint density at radius 3 is 3.00 bits per heavy atom. The number of Topliss-reactive ketones (excluding diaryl/α,β-unsaturated/α-hetero) is 1. The van der Waals surface area contributed by atoms with Crippen LogP contribution in [0.2, 0.25) is 0 Å². The van der Waals surface area contributed by atoms with Crippen molar-refractivity contribution in [3.63, 3.8) is 0 Å². The van der Waals surface area contributed by atoms with E-state index in [2.05, 4.69) is 11.7 Å². The largest absolute Gasteiger partial charge is 0.385 e. The van der Waals surface area contributed by atoms with Gasteiger partial charge in [0, 0.05) is 13.7 Å². The molecule has 0 bridgehead atoms. The molecule has 96 valence electrons. The minimum Gasteiger partial charge on any atom is -0.385 e. The van der Waals surface area contributed by atoms with Crippen LogP contribution in [0.25, 0.3) is 5.53 Å². The number of carbonyl (C=O) groups is 1. The van der Waals surface area contributed by atoms with Crippen LogP contribution >= 0.6 is 0 Å². The molecule has 3 unspecified atom stereocenters. The number of ether oxygens (including phenoxy) is 2. The maximum atomic E-state index is 11.2. The van der Waals surface area contributed by atoms with Crippen molar-refractivity contribution in [2.24, 2.45) is 5.92 Å². The highest BCUT2D eigenvalue weighted by molar-refractivity contribution is 6.28. The second-order valence-electron chi connectivity index (χ2n) is 4.56. The Morgan fingerprint density at radius 2 is 2.35 bits per heavy atom. The lowest BCUT2D eigenvalue weighted by Gasteiger charge is -2.09. The van der Waals surface area contributed by atoms with E-state index in [4.69, 9.17) is 15.0 Å². The number of ketones is 1. The van der Waals surface area contributed by atoms with Crippen molar-refractivity contribution in [1.29, 1.82) is 0 Å². The van der Waals surface area contributed by atoms with E-state index in [1.807, 2.05) is 0 Å². The molecule has 0 aromatic carbocycles. The zero-order valence-corrected chi connectivity index (χ0v) is 10.5. The first kappa shape index (κ1) is 14.0. The molecule has 0 radical (unpaired) electrons. The molecule has 17 heavy (non-hydrogen) atoms. The fourth-order valence-corrected chi connectivity index (χ4v) is 1.87. The molecule has 0 saturated carbocycles. The van der Waals surface area contributed by atoms with Gasteiger partial charge in [-0.3, -0.25) is 4.79 Å². The number of carbonyl (C=O) groups excluding carboxylic acids is 1. The van der Waals surface area contributed by atoms with Gasteiger partial charge in [-0.05, 0) is 18.8 Å². The summed E-state index contributed by atoms with van der Waals surface area (Å²) >= 11 is 0. The van der Waals surface area contributed by atoms with Gasteiger partial charge in [-0.1, -0.05) is 19.8 Å². The summed E-state index contributed by atoms with van der Waals surface area (Å²) in [7, 11) is 1.71. The highest BCUT2D eigenvalue weighted by Crippen LogP contribution is 2.28. The number of epoxide rings is 1. The summed E-state index contributed by atoms with van der Waals surface area (Å²) in [6.45, 7) is 3.00. The summed E-state index contributed by atoms with van der Waals surface area (Å²) in [5, 5.41) is 0. The van der Waals surface area contributed by atoms with Crippen LogP contribution in [0.4, 0.5) is 0 Å². The molecule has 5 nitrogen and oxygen atoms in total. The molecule has 5 heteroatoms. The topological polar surface area (TPSA) is 75.2 Å². The lowest BCUT2D eigenvalue weighted by Crippen LogP contribution is -2.11. The maximum Gasteiger partial charge on any atom is 0.326 e. The molecule has 1 heterocycles. The van der Waals surface area contributed by atoms with E-state index in [0.717, 1.165) is 38.5 Å². The molecule has 0 spiro atoms. The van der Waals surface area contributed by atoms with Crippen molar-refractivity contribution in [3.05, 3.63) is 5.53 Å². The zero-order chi connectivity index (χ0) is 12.7. The van der Waals surface area contributed by atoms with E-state index in [9.17, 15) is 4.79 Å². The summed E-state index contributed by atoms with van der Waals surface area (Å²) in [4.78, 5) is 13.9. The minimum absolute atomic E-state index is 0.0233. The Labute approximate surface area is 102 Å². The molecule has 3 atom stereocenters. The van der Waals surface area contributed by atoms with Gasteiger partial charge in [-0.2, -0.15) is 4.79 Å². The number of nitrogens with zero attached hydrogens (tertiary/aromatic N) is 2. The normalized spacial score (nSPS) is 23.9. The lowest BCUT2D eigenvalue weighted by atomic mass is 9.99. The van der Waals surface area contributed by atoms with Crippen LogP contribution < -0.4 is 0 Å². The van der Waals surface area contributed by atoms with Gasteiger partial charge in [-0.15, -0.1) is 0 Å². The predicted octanol–water partition coefficient (Wildman–Crippen LogP) is 1.47. The lowest BCUT2D eigenvalue weighted by molar-refractivity contribution is -0.117. The summed E-state index contributed by atoms with van der Waals surface area (Å²) in [6, 6.07) is 0. The van der Waals surface area contributed by atoms with Crippen LogP contribution in [0, 0.1) is 5.92 Å². The van der Waals surface area contributed by atoms with Crippen LogP contribution in [0.15, 0.2) is 0 Å². The minimum atomic E-state index is -0.375. The maximum absolute atomic E-state index is 11.2. The van der Waals surface area contributed by atoms with Crippen LogP contribution in [0.1, 0.15) is 32.6 Å². The van der Waals surface area contributed by atoms with Crippen molar-refractivity contribution < 1.29 is 19.1 Å². The van der Waals surface area contributed by atoms with E-state index >= 15 is 0 Å². The third-order valence-corrected chi connectivity index (χ3v) is 3.05. The standard InChI is InChI=1S/C12H20N2O3/c1-9(6-7-16-2)4-3-5-11-12(17-11)10(15)8-14-13/h8-9,11-12H,3-7H2,1-2H3. The number of methoxy groups -OCH3 is 1. The smallest absolute Gasteiger partial charge is 0.326 e. The van der Waals surface area contributed by atoms with Crippen molar-refractivity contribution in [2.75, 3.05) is 13.7 Å². The second-order valence-corrected chi connectivity index (χ2v) is 4.56. The first-order valence-corrected chi connectivity index (χ1v) is 6.04. The van der Waals surface area contributed by atoms with E-state index in [-0.39, 0.29) is 18.0 Å². The molecule has 1 aliphatic heterocycles. The van der Waals surface area contributed by atoms with Crippen LogP contribution in [-0.4, -0.2) is 42.7 Å². The molecule has 1 aliphatic rings. The Bertz CT molecular complexity index is 300. The first-order chi connectivity index (χ1) is 8.19. The molecular formula is C12H20N2O3. The SMILES string of the molecule is COCCC(C)CCCC1OC1C(=O)C=[N+]=[N-]. The third kappa shape index (κ3) is 5.22. The average molecular weight is 240 g/mol. The van der Waals surface area contributed by atoms with Gasteiger partial charge in [0.05, 0.1) is 6.10 Å². The fourth-order valence-electron chi connectivity index (χ4n) is 1.87. The summed E-state index contributed by atoms with van der Waals surface area (Å²) in [5.74, 6) is 0.395. The van der Waals surface area contributed by atoms with Gasteiger partial charge in [-0.25, -0.2) is 0 Å². The summed E-state index contributed by atoms with van der Waals surface area (Å²) in [5.41, 5.74) is 8.21. The van der Waals surface area contributed by atoms with Crippen molar-refractivity contribution in [1.82, 2.24) is 0 Å². The molecule has 1 saturated heterocycles. The van der Waals surface area contributed by atoms with Gasteiger partial charge in [0.25, 0.3) is 5.78 Å². The van der Waals surface area contributed by atoms with Crippen LogP contribution in [0.5, 0.6) is 0 Å². The van der Waals surface area contributed by atoms with Gasteiger partial charge >= 0.3 is 6.21 Å². The quantitative estimate of drug-likeness (QED) is 0.265.